The minimum absolute atomic E-state index is 0.910. The molecule has 0 aliphatic heterocycles. The average Bonchev–Trinajstić information content (AvgIpc) is 3.26. The first-order valence-electron chi connectivity index (χ1n) is 20.0. The molecule has 0 aromatic heterocycles. The molecule has 272 valence electrons. The highest BCUT2D eigenvalue weighted by molar-refractivity contribution is 6.00. The molecule has 0 nitrogen and oxygen atoms in total. The van der Waals surface area contributed by atoms with Crippen LogP contribution in [0.15, 0.2) is 193 Å². The van der Waals surface area contributed by atoms with Gasteiger partial charge in [-0.2, -0.15) is 0 Å². The molecule has 0 saturated heterocycles. The smallest absolute Gasteiger partial charge is 0.00881 e. The molecule has 0 atom stereocenters. The van der Waals surface area contributed by atoms with Gasteiger partial charge in [-0.25, -0.2) is 0 Å². The van der Waals surface area contributed by atoms with Crippen molar-refractivity contribution in [2.75, 3.05) is 0 Å². The Kier molecular flexibility index (Phi) is 14.2. The first kappa shape index (κ1) is 39.5. The number of rotatable bonds is 6. The molecular weight excluding hydrogens is 649 g/mol. The summed E-state index contributed by atoms with van der Waals surface area (Å²) in [6.45, 7) is 19.1. The third-order valence-electron chi connectivity index (χ3n) is 9.88. The highest BCUT2D eigenvalue weighted by Crippen LogP contribution is 2.44. The molecule has 0 heterocycles. The molecule has 0 spiro atoms. The van der Waals surface area contributed by atoms with Crippen LogP contribution in [0.4, 0.5) is 0 Å². The normalized spacial score (nSPS) is 14.2. The van der Waals surface area contributed by atoms with Gasteiger partial charge in [-0.05, 0) is 121 Å². The van der Waals surface area contributed by atoms with Gasteiger partial charge in [0.1, 0.15) is 0 Å². The van der Waals surface area contributed by atoms with Crippen molar-refractivity contribution in [3.8, 4) is 22.3 Å². The molecule has 6 aromatic rings. The summed E-state index contributed by atoms with van der Waals surface area (Å²) in [5, 5.41) is 5.07. The fourth-order valence-electron chi connectivity index (χ4n) is 7.47. The van der Waals surface area contributed by atoms with Crippen LogP contribution in [-0.2, 0) is 0 Å². The second-order valence-corrected chi connectivity index (χ2v) is 13.0. The van der Waals surface area contributed by atoms with Crippen LogP contribution in [0.5, 0.6) is 0 Å². The van der Waals surface area contributed by atoms with Crippen LogP contribution in [-0.4, -0.2) is 0 Å². The molecule has 0 amide bonds. The van der Waals surface area contributed by atoms with Gasteiger partial charge >= 0.3 is 0 Å². The first-order valence-corrected chi connectivity index (χ1v) is 20.0. The number of allylic oxidation sites excluding steroid dienone is 11. The largest absolute Gasteiger partial charge is 0.0905 e. The van der Waals surface area contributed by atoms with Crippen molar-refractivity contribution in [1.82, 2.24) is 0 Å². The van der Waals surface area contributed by atoms with Gasteiger partial charge in [0.2, 0.25) is 0 Å². The van der Waals surface area contributed by atoms with Crippen LogP contribution < -0.4 is 0 Å². The molecule has 0 heteroatoms. The monoisotopic (exact) mass is 704 g/mol. The Morgan fingerprint density at radius 1 is 0.537 bits per heavy atom. The van der Waals surface area contributed by atoms with E-state index in [4.69, 9.17) is 6.58 Å². The highest BCUT2D eigenvalue weighted by Gasteiger charge is 2.22. The summed E-state index contributed by atoms with van der Waals surface area (Å²) < 4.78 is 0. The molecule has 0 fully saturated rings. The zero-order valence-electron chi connectivity index (χ0n) is 33.4. The van der Waals surface area contributed by atoms with Gasteiger partial charge < -0.3 is 0 Å². The summed E-state index contributed by atoms with van der Waals surface area (Å²) in [6.07, 6.45) is 14.2. The lowest BCUT2D eigenvalue weighted by atomic mass is 9.78. The molecule has 6 aromatic carbocycles. The van der Waals surface area contributed by atoms with Crippen LogP contribution >= 0.6 is 0 Å². The molecule has 0 bridgehead atoms. The predicted molar refractivity (Wildman–Crippen MR) is 242 cm³/mol. The lowest BCUT2D eigenvalue weighted by molar-refractivity contribution is 0.920. The van der Waals surface area contributed by atoms with Crippen molar-refractivity contribution in [3.63, 3.8) is 0 Å². The topological polar surface area (TPSA) is 0 Å². The lowest BCUT2D eigenvalue weighted by Gasteiger charge is -2.26. The van der Waals surface area contributed by atoms with Gasteiger partial charge in [-0.3, -0.25) is 0 Å². The Morgan fingerprint density at radius 3 is 1.63 bits per heavy atom. The van der Waals surface area contributed by atoms with Crippen molar-refractivity contribution in [1.29, 1.82) is 0 Å². The summed E-state index contributed by atoms with van der Waals surface area (Å²) in [5.74, 6) is 0. The zero-order chi connectivity index (χ0) is 38.5. The third-order valence-corrected chi connectivity index (χ3v) is 9.88. The number of hydrogen-bond donors (Lipinski definition) is 0. The Morgan fingerprint density at radius 2 is 1.06 bits per heavy atom. The Bertz CT molecular complexity index is 2370. The van der Waals surface area contributed by atoms with E-state index < -0.39 is 0 Å². The fourth-order valence-corrected chi connectivity index (χ4v) is 7.47. The van der Waals surface area contributed by atoms with Crippen molar-refractivity contribution >= 4 is 32.7 Å². The van der Waals surface area contributed by atoms with Gasteiger partial charge in [0.05, 0.1) is 0 Å². The van der Waals surface area contributed by atoms with Crippen molar-refractivity contribution in [2.24, 2.45) is 0 Å². The number of benzene rings is 6. The average molecular weight is 705 g/mol. The van der Waals surface area contributed by atoms with E-state index in [0.29, 0.717) is 0 Å². The minimum atomic E-state index is 0.910. The van der Waals surface area contributed by atoms with E-state index in [1.54, 1.807) is 0 Å². The molecule has 2 aliphatic rings. The van der Waals surface area contributed by atoms with Gasteiger partial charge in [0, 0.05) is 0 Å². The molecule has 0 N–H and O–H groups in total. The van der Waals surface area contributed by atoms with E-state index in [2.05, 4.69) is 171 Å². The molecular formula is C54H56. The summed E-state index contributed by atoms with van der Waals surface area (Å²) in [7, 11) is 0. The van der Waals surface area contributed by atoms with E-state index in [9.17, 15) is 0 Å². The lowest BCUT2D eigenvalue weighted by Crippen LogP contribution is -2.05. The maximum atomic E-state index is 4.79. The van der Waals surface area contributed by atoms with Crippen LogP contribution in [0.1, 0.15) is 78.9 Å². The summed E-state index contributed by atoms with van der Waals surface area (Å²) in [4.78, 5) is 0. The molecule has 0 saturated carbocycles. The predicted octanol–water partition coefficient (Wildman–Crippen LogP) is 16.4. The van der Waals surface area contributed by atoms with Crippen molar-refractivity contribution in [3.05, 3.63) is 204 Å². The standard InChI is InChI=1S/C48H38.3C2H6/c1-33-28-29-46(47(30-33)34(2)38-20-10-21-39(31-38)44-26-12-18-35-14-6-8-24-42(35)44)48(37-16-4-3-5-17-37)41-23-11-22-40(32-41)45-27-13-19-36-15-7-9-25-43(36)45;3*1-2/h3-16,18-27,30-32H,2,17,28-29H2,1H3;3*1-2H3/b48-37-;;;. The van der Waals surface area contributed by atoms with E-state index in [1.807, 2.05) is 41.5 Å². The third kappa shape index (κ3) is 8.56. The minimum Gasteiger partial charge on any atom is -0.0905 e. The summed E-state index contributed by atoms with van der Waals surface area (Å²) >= 11 is 0. The zero-order valence-corrected chi connectivity index (χ0v) is 33.4. The Labute approximate surface area is 325 Å². The van der Waals surface area contributed by atoms with Gasteiger partial charge in [-0.15, -0.1) is 0 Å². The number of fused-ring (bicyclic) bond motifs is 2. The molecule has 2 aliphatic carbocycles. The van der Waals surface area contributed by atoms with Gasteiger partial charge in [0.15, 0.2) is 0 Å². The Hall–Kier alpha value is -5.72. The van der Waals surface area contributed by atoms with E-state index >= 15 is 0 Å². The van der Waals surface area contributed by atoms with Crippen molar-refractivity contribution in [2.45, 2.75) is 67.7 Å². The molecule has 54 heavy (non-hydrogen) atoms. The maximum absolute atomic E-state index is 4.79. The van der Waals surface area contributed by atoms with E-state index in [1.165, 1.54) is 77.2 Å². The maximum Gasteiger partial charge on any atom is -0.00881 e. The molecule has 0 unspecified atom stereocenters. The SMILES string of the molecule is C=C(C1=C(/C(=C2/C=CC=CC2)c2cccc(-c3cccc4ccccc34)c2)CCC(C)=C1)c1cccc(-c2cccc3ccccc23)c1.CC.CC.CC. The second-order valence-electron chi connectivity index (χ2n) is 13.0. The van der Waals surface area contributed by atoms with Crippen LogP contribution in [0.2, 0.25) is 0 Å². The highest BCUT2D eigenvalue weighted by atomic mass is 14.3. The second kappa shape index (κ2) is 19.4. The van der Waals surface area contributed by atoms with Gasteiger partial charge in [0.25, 0.3) is 0 Å². The van der Waals surface area contributed by atoms with E-state index in [-0.39, 0.29) is 0 Å². The Balaban J connectivity index is 0.000000892. The summed E-state index contributed by atoms with van der Waals surface area (Å²) in [6, 6.07) is 48.6. The molecule has 0 radical (unpaired) electrons. The quantitative estimate of drug-likeness (QED) is 0.162. The van der Waals surface area contributed by atoms with Crippen LogP contribution in [0.3, 0.4) is 0 Å². The molecule has 8 rings (SSSR count). The summed E-state index contributed by atoms with van der Waals surface area (Å²) in [5.41, 5.74) is 15.2. The fraction of sp³-hybridized carbons (Fsp3) is 0.185. The first-order chi connectivity index (χ1) is 26.6. The number of hydrogen-bond acceptors (Lipinski definition) is 0. The van der Waals surface area contributed by atoms with Crippen molar-refractivity contribution < 1.29 is 0 Å². The van der Waals surface area contributed by atoms with Gasteiger partial charge in [-0.1, -0.05) is 205 Å². The van der Waals surface area contributed by atoms with E-state index in [0.717, 1.165) is 30.4 Å². The van der Waals surface area contributed by atoms with Crippen LogP contribution in [0.25, 0.3) is 54.9 Å². The van der Waals surface area contributed by atoms with Crippen LogP contribution in [0, 0.1) is 0 Å².